The van der Waals surface area contributed by atoms with Gasteiger partial charge in [0.2, 0.25) is 0 Å². The molecule has 0 radical (unpaired) electrons. The fourth-order valence-corrected chi connectivity index (χ4v) is 0.948. The lowest BCUT2D eigenvalue weighted by atomic mass is 10.3. The summed E-state index contributed by atoms with van der Waals surface area (Å²) >= 11 is 0. The molecule has 60 valence electrons. The third-order valence-corrected chi connectivity index (χ3v) is 1.48. The van der Waals surface area contributed by atoms with Crippen molar-refractivity contribution in [2.75, 3.05) is 0 Å². The molecule has 2 aliphatic heterocycles. The Morgan fingerprint density at radius 2 is 2.25 bits per heavy atom. The lowest BCUT2D eigenvalue weighted by Crippen LogP contribution is -2.24. The maximum Gasteiger partial charge on any atom is 0.321 e. The van der Waals surface area contributed by atoms with Crippen LogP contribution in [0.4, 0.5) is 0 Å². The van der Waals surface area contributed by atoms with Gasteiger partial charge in [-0.25, -0.2) is 0 Å². The SMILES string of the molecule is O=[n+]1nccc2n([O-])nccc1-2. The molecule has 0 spiro atoms. The third-order valence-electron chi connectivity index (χ3n) is 1.48. The third kappa shape index (κ3) is 0.815. The zero-order valence-electron chi connectivity index (χ0n) is 5.91. The highest BCUT2D eigenvalue weighted by Gasteiger charge is 2.15. The zero-order chi connectivity index (χ0) is 8.55. The molecule has 0 saturated heterocycles. The minimum atomic E-state index is 0.211. The molecule has 12 heavy (non-hydrogen) atoms. The molecular formula is C6H4N4O2. The van der Waals surface area contributed by atoms with Crippen molar-refractivity contribution < 1.29 is 4.54 Å². The summed E-state index contributed by atoms with van der Waals surface area (Å²) in [4.78, 5) is 11.3. The molecule has 0 amide bonds. The van der Waals surface area contributed by atoms with Crippen molar-refractivity contribution in [3.8, 4) is 11.4 Å². The first-order valence-corrected chi connectivity index (χ1v) is 3.22. The molecule has 2 aliphatic rings. The van der Waals surface area contributed by atoms with Gasteiger partial charge in [0.15, 0.2) is 4.54 Å². The van der Waals surface area contributed by atoms with Gasteiger partial charge in [-0.05, 0) is 6.07 Å². The van der Waals surface area contributed by atoms with Gasteiger partial charge in [-0.2, -0.15) is 5.10 Å². The average molecular weight is 164 g/mol. The van der Waals surface area contributed by atoms with Gasteiger partial charge in [-0.3, -0.25) is 4.85 Å². The molecule has 0 fully saturated rings. The van der Waals surface area contributed by atoms with Gasteiger partial charge in [0.1, 0.15) is 11.9 Å². The molecule has 6 nitrogen and oxygen atoms in total. The highest BCUT2D eigenvalue weighted by Crippen LogP contribution is 2.11. The minimum Gasteiger partial charge on any atom is -0.790 e. The van der Waals surface area contributed by atoms with Gasteiger partial charge < -0.3 is 5.21 Å². The maximum absolute atomic E-state index is 11.0. The number of nitrogens with zero attached hydrogens (tertiary/aromatic N) is 4. The van der Waals surface area contributed by atoms with Gasteiger partial charge in [0.25, 0.3) is 0 Å². The quantitative estimate of drug-likeness (QED) is 0.498. The van der Waals surface area contributed by atoms with E-state index < -0.39 is 0 Å². The highest BCUT2D eigenvalue weighted by molar-refractivity contribution is 5.49. The maximum atomic E-state index is 11.0. The second kappa shape index (κ2) is 2.26. The molecule has 0 unspecified atom stereocenters. The average Bonchev–Trinajstić information content (AvgIpc) is 2.07. The summed E-state index contributed by atoms with van der Waals surface area (Å²) in [5.41, 5.74) is 0.421. The van der Waals surface area contributed by atoms with Crippen LogP contribution >= 0.6 is 0 Å². The van der Waals surface area contributed by atoms with Crippen molar-refractivity contribution in [3.05, 3.63) is 34.6 Å². The van der Waals surface area contributed by atoms with Crippen LogP contribution in [-0.4, -0.2) is 15.0 Å². The summed E-state index contributed by atoms with van der Waals surface area (Å²) < 4.78 is 0.380. The van der Waals surface area contributed by atoms with Crippen LogP contribution < -0.4 is 4.54 Å². The van der Waals surface area contributed by atoms with Gasteiger partial charge in [-0.15, -0.1) is 0 Å². The van der Waals surface area contributed by atoms with Crippen molar-refractivity contribution in [1.29, 1.82) is 0 Å². The van der Waals surface area contributed by atoms with E-state index in [0.29, 0.717) is 9.39 Å². The Hall–Kier alpha value is -1.98. The lowest BCUT2D eigenvalue weighted by molar-refractivity contribution is -0.553. The van der Waals surface area contributed by atoms with Crippen molar-refractivity contribution in [1.82, 2.24) is 15.0 Å². The molecule has 0 saturated carbocycles. The van der Waals surface area contributed by atoms with Crippen molar-refractivity contribution >= 4 is 0 Å². The predicted octanol–water partition coefficient (Wildman–Crippen LogP) is -0.357. The Balaban J connectivity index is 2.91. The molecule has 0 aromatic carbocycles. The summed E-state index contributed by atoms with van der Waals surface area (Å²) in [7, 11) is 0. The van der Waals surface area contributed by atoms with Crippen LogP contribution in [0.25, 0.3) is 11.4 Å². The molecule has 0 aromatic heterocycles. The van der Waals surface area contributed by atoms with E-state index in [1.165, 1.54) is 24.5 Å². The fraction of sp³-hybridized carbons (Fsp3) is 0. The summed E-state index contributed by atoms with van der Waals surface area (Å²) in [6.07, 6.45) is 2.51. The van der Waals surface area contributed by atoms with Crippen LogP contribution in [0.15, 0.2) is 24.5 Å². The van der Waals surface area contributed by atoms with E-state index in [2.05, 4.69) is 10.2 Å². The van der Waals surface area contributed by atoms with E-state index in [0.717, 1.165) is 0 Å². The fourth-order valence-electron chi connectivity index (χ4n) is 0.948. The Labute approximate surface area is 66.6 Å². The van der Waals surface area contributed by atoms with Crippen molar-refractivity contribution in [2.45, 2.75) is 0 Å². The summed E-state index contributed by atoms with van der Waals surface area (Å²) in [6.45, 7) is 0. The first-order chi connectivity index (χ1) is 5.79. The number of hydrogen-bond acceptors (Lipinski definition) is 4. The summed E-state index contributed by atoms with van der Waals surface area (Å²) in [6, 6.07) is 2.87. The van der Waals surface area contributed by atoms with Crippen LogP contribution in [0.5, 0.6) is 0 Å². The van der Waals surface area contributed by atoms with E-state index in [1.54, 1.807) is 0 Å². The van der Waals surface area contributed by atoms with Gasteiger partial charge in [0.05, 0.1) is 11.1 Å². The molecule has 6 heteroatoms. The largest absolute Gasteiger partial charge is 0.790 e. The molecule has 2 heterocycles. The molecule has 0 aromatic rings. The Morgan fingerprint density at radius 3 is 3.00 bits per heavy atom. The molecule has 0 atom stereocenters. The standard InChI is InChI=1S/C6H4N4O2/c11-9-5-1-3-7-10(12)6(5)2-4-8-9/h1-4H. The van der Waals surface area contributed by atoms with E-state index in [-0.39, 0.29) is 11.4 Å². The first kappa shape index (κ1) is 6.71. The van der Waals surface area contributed by atoms with Crippen LogP contribution in [-0.2, 0) is 0 Å². The highest BCUT2D eigenvalue weighted by atomic mass is 16.5. The molecular weight excluding hydrogens is 160 g/mol. The van der Waals surface area contributed by atoms with E-state index in [9.17, 15) is 10.1 Å². The second-order valence-corrected chi connectivity index (χ2v) is 2.18. The molecule has 0 aliphatic carbocycles. The van der Waals surface area contributed by atoms with Gasteiger partial charge >= 0.3 is 5.69 Å². The monoisotopic (exact) mass is 164 g/mol. The van der Waals surface area contributed by atoms with E-state index >= 15 is 0 Å². The van der Waals surface area contributed by atoms with Gasteiger partial charge in [0, 0.05) is 11.2 Å². The van der Waals surface area contributed by atoms with E-state index in [1.807, 2.05) is 0 Å². The molecule has 0 bridgehead atoms. The number of hydrogen-bond donors (Lipinski definition) is 0. The normalized spacial score (nSPS) is 10.3. The first-order valence-electron chi connectivity index (χ1n) is 3.22. The Bertz CT molecular complexity index is 438. The zero-order valence-corrected chi connectivity index (χ0v) is 5.91. The van der Waals surface area contributed by atoms with Crippen LogP contribution in [0, 0.1) is 10.1 Å². The van der Waals surface area contributed by atoms with Crippen LogP contribution in [0.1, 0.15) is 0 Å². The second-order valence-electron chi connectivity index (χ2n) is 2.18. The summed E-state index contributed by atoms with van der Waals surface area (Å²) in [5.74, 6) is 0. The minimum absolute atomic E-state index is 0.211. The van der Waals surface area contributed by atoms with Gasteiger partial charge in [-0.1, -0.05) is 0 Å². The van der Waals surface area contributed by atoms with Crippen molar-refractivity contribution in [2.24, 2.45) is 0 Å². The van der Waals surface area contributed by atoms with Crippen LogP contribution in [0.3, 0.4) is 0 Å². The van der Waals surface area contributed by atoms with Crippen molar-refractivity contribution in [3.63, 3.8) is 0 Å². The Kier molecular flexibility index (Phi) is 1.26. The molecule has 2 rings (SSSR count). The number of fused-ring (bicyclic) bond motifs is 1. The lowest BCUT2D eigenvalue weighted by Gasteiger charge is -2.10. The summed E-state index contributed by atoms with van der Waals surface area (Å²) in [5, 5.41) is 17.8. The smallest absolute Gasteiger partial charge is 0.321 e. The van der Waals surface area contributed by atoms with Crippen LogP contribution in [0.2, 0.25) is 0 Å². The predicted molar refractivity (Wildman–Crippen MR) is 38.8 cm³/mol. The topological polar surface area (TPSA) is 76.7 Å². The Morgan fingerprint density at radius 1 is 1.42 bits per heavy atom. The number of aromatic nitrogens is 4. The number of rotatable bonds is 0. The molecule has 0 N–H and O–H groups in total. The van der Waals surface area contributed by atoms with E-state index in [4.69, 9.17) is 0 Å².